The van der Waals surface area contributed by atoms with E-state index in [1.54, 1.807) is 0 Å². The number of aliphatic hydroxyl groups is 1. The molecule has 0 amide bonds. The van der Waals surface area contributed by atoms with Crippen LogP contribution in [0.4, 0.5) is 0 Å². The van der Waals surface area contributed by atoms with E-state index in [9.17, 15) is 4.79 Å². The highest BCUT2D eigenvalue weighted by molar-refractivity contribution is 5.66. The van der Waals surface area contributed by atoms with Crippen molar-refractivity contribution in [1.29, 1.82) is 0 Å². The second-order valence-electron chi connectivity index (χ2n) is 1.82. The number of hydrogen-bond acceptors (Lipinski definition) is 3. The number of carboxylic acid groups (broad SMARTS) is 1. The fourth-order valence-electron chi connectivity index (χ4n) is 0.408. The smallest absolute Gasteiger partial charge is 0.303 e. The van der Waals surface area contributed by atoms with E-state index >= 15 is 0 Å². The van der Waals surface area contributed by atoms with Crippen LogP contribution >= 0.6 is 0 Å². The molecule has 0 heterocycles. The van der Waals surface area contributed by atoms with Crippen LogP contribution < -0.4 is 5.73 Å². The predicted octanol–water partition coefficient (Wildman–Crippen LogP) is -0.829. The Balaban J connectivity index is 3.16. The van der Waals surface area contributed by atoms with Crippen molar-refractivity contribution in [2.45, 2.75) is 18.9 Å². The van der Waals surface area contributed by atoms with E-state index in [2.05, 4.69) is 0 Å². The zero-order valence-corrected chi connectivity index (χ0v) is 5.08. The molecular weight excluding hydrogens is 122 g/mol. The Morgan fingerprint density at radius 2 is 2.22 bits per heavy atom. The lowest BCUT2D eigenvalue weighted by Gasteiger charge is -2.02. The normalized spacial score (nSPS) is 13.1. The monoisotopic (exact) mass is 133 g/mol. The minimum absolute atomic E-state index is 0.0155. The zero-order chi connectivity index (χ0) is 7.28. The molecule has 4 heteroatoms. The highest BCUT2D eigenvalue weighted by atomic mass is 16.4. The number of aliphatic carboxylic acids is 1. The van der Waals surface area contributed by atoms with Crippen molar-refractivity contribution in [3.63, 3.8) is 0 Å². The molecule has 0 aliphatic carbocycles. The van der Waals surface area contributed by atoms with Crippen LogP contribution in [0.2, 0.25) is 0 Å². The fourth-order valence-corrected chi connectivity index (χ4v) is 0.408. The van der Waals surface area contributed by atoms with Gasteiger partial charge in [0.25, 0.3) is 0 Å². The first-order chi connectivity index (χ1) is 4.16. The lowest BCUT2D eigenvalue weighted by molar-refractivity contribution is -0.137. The van der Waals surface area contributed by atoms with E-state index < -0.39 is 12.1 Å². The summed E-state index contributed by atoms with van der Waals surface area (Å²) in [5.74, 6) is -0.900. The maximum atomic E-state index is 9.87. The van der Waals surface area contributed by atoms with Gasteiger partial charge in [0, 0.05) is 13.0 Å². The third-order valence-electron chi connectivity index (χ3n) is 0.964. The number of rotatable bonds is 4. The summed E-state index contributed by atoms with van der Waals surface area (Å²) in [5, 5.41) is 16.8. The maximum Gasteiger partial charge on any atom is 0.303 e. The molecule has 0 aliphatic heterocycles. The summed E-state index contributed by atoms with van der Waals surface area (Å²) in [5.41, 5.74) is 5.02. The minimum atomic E-state index is -0.900. The number of carbonyl (C=O) groups is 1. The summed E-state index contributed by atoms with van der Waals surface area (Å²) in [6, 6.07) is 0. The van der Waals surface area contributed by atoms with Crippen molar-refractivity contribution in [3.05, 3.63) is 0 Å². The van der Waals surface area contributed by atoms with Gasteiger partial charge in [-0.05, 0) is 6.42 Å². The average Bonchev–Trinajstić information content (AvgIpc) is 1.83. The van der Waals surface area contributed by atoms with Gasteiger partial charge in [0.2, 0.25) is 0 Å². The van der Waals surface area contributed by atoms with E-state index in [0.29, 0.717) is 0 Å². The number of nitrogens with two attached hydrogens (primary N) is 1. The van der Waals surface area contributed by atoms with Crippen LogP contribution in [-0.4, -0.2) is 28.8 Å². The molecule has 54 valence electrons. The van der Waals surface area contributed by atoms with Crippen molar-refractivity contribution in [2.75, 3.05) is 6.54 Å². The third-order valence-corrected chi connectivity index (χ3v) is 0.964. The minimum Gasteiger partial charge on any atom is -0.481 e. The van der Waals surface area contributed by atoms with Crippen LogP contribution in [0, 0.1) is 0 Å². The Kier molecular flexibility index (Phi) is 4.00. The Labute approximate surface area is 53.3 Å². The van der Waals surface area contributed by atoms with Crippen LogP contribution in [0.5, 0.6) is 0 Å². The van der Waals surface area contributed by atoms with Gasteiger partial charge in [-0.1, -0.05) is 0 Å². The molecule has 0 fully saturated rings. The Hall–Kier alpha value is -0.610. The molecular formula is C5H11NO3. The number of hydrogen-bond donors (Lipinski definition) is 3. The number of aliphatic hydroxyl groups excluding tert-OH is 1. The Bertz CT molecular complexity index is 94.2. The summed E-state index contributed by atoms with van der Waals surface area (Å²) in [6.07, 6.45) is -0.439. The molecule has 0 aliphatic rings. The van der Waals surface area contributed by atoms with E-state index in [-0.39, 0.29) is 19.4 Å². The molecule has 1 atom stereocenters. The molecule has 0 saturated carbocycles. The predicted molar refractivity (Wildman–Crippen MR) is 31.9 cm³/mol. The Morgan fingerprint density at radius 1 is 1.67 bits per heavy atom. The lowest BCUT2D eigenvalue weighted by Crippen LogP contribution is -2.20. The molecule has 0 spiro atoms. The zero-order valence-electron chi connectivity index (χ0n) is 5.08. The summed E-state index contributed by atoms with van der Waals surface area (Å²) in [4.78, 5) is 9.87. The quantitative estimate of drug-likeness (QED) is 0.467. The van der Waals surface area contributed by atoms with Crippen LogP contribution in [0.15, 0.2) is 0 Å². The first-order valence-electron chi connectivity index (χ1n) is 2.76. The van der Waals surface area contributed by atoms with Crippen LogP contribution in [0.1, 0.15) is 12.8 Å². The van der Waals surface area contributed by atoms with Crippen molar-refractivity contribution in [3.8, 4) is 0 Å². The van der Waals surface area contributed by atoms with Gasteiger partial charge < -0.3 is 15.9 Å². The summed E-state index contributed by atoms with van der Waals surface area (Å²) >= 11 is 0. The van der Waals surface area contributed by atoms with Gasteiger partial charge in [0.1, 0.15) is 0 Å². The van der Waals surface area contributed by atoms with Crippen molar-refractivity contribution in [1.82, 2.24) is 0 Å². The molecule has 0 saturated heterocycles. The van der Waals surface area contributed by atoms with E-state index in [0.717, 1.165) is 0 Å². The second kappa shape index (κ2) is 4.29. The summed E-state index contributed by atoms with van der Waals surface area (Å²) in [7, 11) is 0. The highest BCUT2D eigenvalue weighted by Crippen LogP contribution is 1.93. The highest BCUT2D eigenvalue weighted by Gasteiger charge is 2.03. The van der Waals surface area contributed by atoms with Crippen LogP contribution in [0.25, 0.3) is 0 Å². The molecule has 0 aromatic rings. The molecule has 0 radical (unpaired) electrons. The average molecular weight is 133 g/mol. The lowest BCUT2D eigenvalue weighted by atomic mass is 10.2. The van der Waals surface area contributed by atoms with E-state index in [4.69, 9.17) is 15.9 Å². The second-order valence-corrected chi connectivity index (χ2v) is 1.82. The van der Waals surface area contributed by atoms with Crippen LogP contribution in [-0.2, 0) is 4.79 Å². The number of carboxylic acids is 1. The third kappa shape index (κ3) is 5.26. The van der Waals surface area contributed by atoms with Gasteiger partial charge in [0.05, 0.1) is 6.10 Å². The molecule has 0 aromatic carbocycles. The van der Waals surface area contributed by atoms with Crippen molar-refractivity contribution >= 4 is 5.97 Å². The van der Waals surface area contributed by atoms with Gasteiger partial charge >= 0.3 is 5.97 Å². The van der Waals surface area contributed by atoms with Crippen LogP contribution in [0.3, 0.4) is 0 Å². The first-order valence-corrected chi connectivity index (χ1v) is 2.76. The van der Waals surface area contributed by atoms with Gasteiger partial charge in [-0.25, -0.2) is 0 Å². The molecule has 0 aromatic heterocycles. The molecule has 0 rings (SSSR count). The van der Waals surface area contributed by atoms with E-state index in [1.807, 2.05) is 0 Å². The first kappa shape index (κ1) is 8.39. The van der Waals surface area contributed by atoms with Crippen molar-refractivity contribution < 1.29 is 15.0 Å². The van der Waals surface area contributed by atoms with Gasteiger partial charge in [-0.3, -0.25) is 4.79 Å². The molecule has 0 unspecified atom stereocenters. The summed E-state index contributed by atoms with van der Waals surface area (Å²) in [6.45, 7) is 0.132. The molecule has 4 N–H and O–H groups in total. The molecule has 0 bridgehead atoms. The standard InChI is InChI=1S/C5H11NO3/c6-3-4(7)1-2-5(8)9/h4,7H,1-3,6H2,(H,8,9)/t4-/m0/s1. The summed E-state index contributed by atoms with van der Waals surface area (Å²) < 4.78 is 0. The SMILES string of the molecule is NC[C@@H](O)CCC(=O)O. The maximum absolute atomic E-state index is 9.87. The largest absolute Gasteiger partial charge is 0.481 e. The Morgan fingerprint density at radius 3 is 2.56 bits per heavy atom. The fraction of sp³-hybridized carbons (Fsp3) is 0.800. The van der Waals surface area contributed by atoms with E-state index in [1.165, 1.54) is 0 Å². The molecule has 9 heavy (non-hydrogen) atoms. The van der Waals surface area contributed by atoms with Gasteiger partial charge in [-0.15, -0.1) is 0 Å². The van der Waals surface area contributed by atoms with Gasteiger partial charge in [0.15, 0.2) is 0 Å². The molecule has 4 nitrogen and oxygen atoms in total. The van der Waals surface area contributed by atoms with Gasteiger partial charge in [-0.2, -0.15) is 0 Å². The van der Waals surface area contributed by atoms with Crippen molar-refractivity contribution in [2.24, 2.45) is 5.73 Å². The topological polar surface area (TPSA) is 83.5 Å².